The lowest BCUT2D eigenvalue weighted by Crippen LogP contribution is -2.59. The first-order valence-electron chi connectivity index (χ1n) is 8.59. The van der Waals surface area contributed by atoms with Gasteiger partial charge in [0.05, 0.1) is 6.26 Å². The maximum atomic E-state index is 13.0. The van der Waals surface area contributed by atoms with E-state index >= 15 is 0 Å². The molecule has 1 aromatic carbocycles. The van der Waals surface area contributed by atoms with E-state index in [0.29, 0.717) is 17.4 Å². The highest BCUT2D eigenvalue weighted by Gasteiger charge is 2.50. The summed E-state index contributed by atoms with van der Waals surface area (Å²) in [5.41, 5.74) is 3.37. The zero-order valence-electron chi connectivity index (χ0n) is 14.4. The van der Waals surface area contributed by atoms with Crippen LogP contribution < -0.4 is 0 Å². The lowest BCUT2D eigenvalue weighted by molar-refractivity contribution is 0.0225. The summed E-state index contributed by atoms with van der Waals surface area (Å²) in [6, 6.07) is 7.67. The normalized spacial score (nSPS) is 28.5. The van der Waals surface area contributed by atoms with Crippen LogP contribution in [0.4, 0.5) is 0 Å². The summed E-state index contributed by atoms with van der Waals surface area (Å²) in [5, 5.41) is 9.90. The molecular weight excluding hydrogens is 302 g/mol. The number of rotatable bonds is 1. The van der Waals surface area contributed by atoms with Crippen LogP contribution in [-0.2, 0) is 11.8 Å². The molecular formula is C20H23NO3. The Hall–Kier alpha value is -2.23. The van der Waals surface area contributed by atoms with E-state index in [1.54, 1.807) is 12.3 Å². The number of carbonyl (C=O) groups excluding carboxylic acids is 1. The number of phenols is 1. The number of nitrogens with zero attached hydrogens (tertiary/aromatic N) is 1. The quantitative estimate of drug-likeness (QED) is 0.870. The summed E-state index contributed by atoms with van der Waals surface area (Å²) in [6.07, 6.45) is 3.31. The fraction of sp³-hybridized carbons (Fsp3) is 0.450. The molecule has 1 aliphatic heterocycles. The van der Waals surface area contributed by atoms with Gasteiger partial charge in [0.15, 0.2) is 5.76 Å². The molecule has 0 saturated carbocycles. The maximum absolute atomic E-state index is 13.0. The van der Waals surface area contributed by atoms with Crippen molar-refractivity contribution in [1.29, 1.82) is 0 Å². The Morgan fingerprint density at radius 1 is 1.38 bits per heavy atom. The molecule has 24 heavy (non-hydrogen) atoms. The Morgan fingerprint density at radius 3 is 2.88 bits per heavy atom. The molecule has 4 nitrogen and oxygen atoms in total. The average molecular weight is 325 g/mol. The molecule has 2 aromatic rings. The zero-order chi connectivity index (χ0) is 17.1. The van der Waals surface area contributed by atoms with Gasteiger partial charge in [0.2, 0.25) is 0 Å². The largest absolute Gasteiger partial charge is 0.508 e. The Morgan fingerprint density at radius 2 is 2.17 bits per heavy atom. The smallest absolute Gasteiger partial charge is 0.290 e. The van der Waals surface area contributed by atoms with Crippen LogP contribution in [0, 0.1) is 12.8 Å². The summed E-state index contributed by atoms with van der Waals surface area (Å²) in [7, 11) is 0. The summed E-state index contributed by atoms with van der Waals surface area (Å²) < 4.78 is 5.44. The molecule has 2 bridgehead atoms. The van der Waals surface area contributed by atoms with Crippen molar-refractivity contribution < 1.29 is 14.3 Å². The van der Waals surface area contributed by atoms with E-state index in [2.05, 4.69) is 13.8 Å². The highest BCUT2D eigenvalue weighted by atomic mass is 16.3. The van der Waals surface area contributed by atoms with Gasteiger partial charge in [-0.15, -0.1) is 0 Å². The molecule has 126 valence electrons. The number of carbonyl (C=O) groups is 1. The molecule has 1 saturated heterocycles. The van der Waals surface area contributed by atoms with Crippen molar-refractivity contribution in [2.75, 3.05) is 6.54 Å². The van der Waals surface area contributed by atoms with Crippen molar-refractivity contribution in [3.63, 3.8) is 0 Å². The first kappa shape index (κ1) is 15.3. The second-order valence-electron chi connectivity index (χ2n) is 7.50. The molecule has 2 heterocycles. The van der Waals surface area contributed by atoms with Gasteiger partial charge < -0.3 is 14.4 Å². The van der Waals surface area contributed by atoms with Gasteiger partial charge in [-0.25, -0.2) is 0 Å². The van der Waals surface area contributed by atoms with Crippen LogP contribution in [0.2, 0.25) is 0 Å². The van der Waals surface area contributed by atoms with Crippen molar-refractivity contribution >= 4 is 5.91 Å². The molecule has 0 unspecified atom stereocenters. The van der Waals surface area contributed by atoms with Crippen molar-refractivity contribution in [1.82, 2.24) is 4.90 Å². The van der Waals surface area contributed by atoms with E-state index < -0.39 is 0 Å². The molecule has 1 aromatic heterocycles. The number of phenolic OH excluding ortho intramolecular Hbond substituents is 1. The van der Waals surface area contributed by atoms with E-state index in [-0.39, 0.29) is 17.4 Å². The van der Waals surface area contributed by atoms with Crippen molar-refractivity contribution in [2.45, 2.75) is 45.1 Å². The number of fused-ring (bicyclic) bond motifs is 4. The summed E-state index contributed by atoms with van der Waals surface area (Å²) in [5.74, 6) is 1.12. The minimum absolute atomic E-state index is 0.00127. The molecule has 1 fully saturated rings. The first-order chi connectivity index (χ1) is 11.4. The third-order valence-electron chi connectivity index (χ3n) is 6.31. The molecule has 0 spiro atoms. The predicted octanol–water partition coefficient (Wildman–Crippen LogP) is 3.66. The number of furan rings is 1. The number of piperidine rings is 1. The molecule has 4 heteroatoms. The number of benzene rings is 1. The Balaban J connectivity index is 1.74. The van der Waals surface area contributed by atoms with Crippen LogP contribution >= 0.6 is 0 Å². The molecule has 1 N–H and O–H groups in total. The van der Waals surface area contributed by atoms with E-state index in [1.807, 2.05) is 30.0 Å². The number of hydrogen-bond donors (Lipinski definition) is 1. The summed E-state index contributed by atoms with van der Waals surface area (Å²) in [4.78, 5) is 15.0. The second kappa shape index (κ2) is 5.13. The van der Waals surface area contributed by atoms with Gasteiger partial charge in [0.1, 0.15) is 5.75 Å². The van der Waals surface area contributed by atoms with Gasteiger partial charge in [0, 0.05) is 18.2 Å². The van der Waals surface area contributed by atoms with Crippen LogP contribution in [0.5, 0.6) is 5.75 Å². The summed E-state index contributed by atoms with van der Waals surface area (Å²) in [6.45, 7) is 7.13. The van der Waals surface area contributed by atoms with Gasteiger partial charge >= 0.3 is 0 Å². The third kappa shape index (κ3) is 2.02. The molecule has 4 rings (SSSR count). The van der Waals surface area contributed by atoms with Crippen LogP contribution in [0.25, 0.3) is 0 Å². The highest BCUT2D eigenvalue weighted by Crippen LogP contribution is 2.49. The van der Waals surface area contributed by atoms with Crippen molar-refractivity contribution in [3.05, 3.63) is 53.0 Å². The number of likely N-dealkylation sites (tertiary alicyclic amines) is 1. The minimum Gasteiger partial charge on any atom is -0.508 e. The Bertz CT molecular complexity index is 809. The molecule has 1 amide bonds. The predicted molar refractivity (Wildman–Crippen MR) is 91.2 cm³/mol. The third-order valence-corrected chi connectivity index (χ3v) is 6.31. The van der Waals surface area contributed by atoms with Crippen LogP contribution in [0.3, 0.4) is 0 Å². The van der Waals surface area contributed by atoms with Crippen LogP contribution in [-0.4, -0.2) is 28.5 Å². The molecule has 3 atom stereocenters. The van der Waals surface area contributed by atoms with E-state index in [1.165, 1.54) is 11.1 Å². The molecule has 2 aliphatic rings. The van der Waals surface area contributed by atoms with Gasteiger partial charge in [-0.05, 0) is 60.4 Å². The van der Waals surface area contributed by atoms with Gasteiger partial charge in [0.25, 0.3) is 5.91 Å². The SMILES string of the molecule is Cc1ccoc1C(=O)N1CC[C@@]2(C)c3cc(O)ccc3C[C@@H]1[C@@H]2C. The first-order valence-corrected chi connectivity index (χ1v) is 8.59. The van der Waals surface area contributed by atoms with E-state index in [0.717, 1.165) is 24.9 Å². The zero-order valence-corrected chi connectivity index (χ0v) is 14.4. The Kier molecular flexibility index (Phi) is 3.27. The fourth-order valence-electron chi connectivity index (χ4n) is 4.58. The topological polar surface area (TPSA) is 53.7 Å². The second-order valence-corrected chi connectivity index (χ2v) is 7.50. The van der Waals surface area contributed by atoms with E-state index in [4.69, 9.17) is 4.42 Å². The van der Waals surface area contributed by atoms with Crippen molar-refractivity contribution in [2.24, 2.45) is 5.92 Å². The molecule has 1 aliphatic carbocycles. The fourth-order valence-corrected chi connectivity index (χ4v) is 4.58. The number of hydrogen-bond acceptors (Lipinski definition) is 3. The lowest BCUT2D eigenvalue weighted by Gasteiger charge is -2.54. The number of amides is 1. The number of aryl methyl sites for hydroxylation is 1. The lowest BCUT2D eigenvalue weighted by atomic mass is 9.59. The molecule has 0 radical (unpaired) electrons. The van der Waals surface area contributed by atoms with Gasteiger partial charge in [-0.2, -0.15) is 0 Å². The standard InChI is InChI=1S/C20H23NO3/c1-12-6-9-24-18(12)19(23)21-8-7-20(3)13(2)17(21)10-14-4-5-15(22)11-16(14)20/h4-6,9,11,13,17,22H,7-8,10H2,1-3H3/t13-,17+,20+/m0/s1. The van der Waals surface area contributed by atoms with Crippen LogP contribution in [0.15, 0.2) is 34.9 Å². The van der Waals surface area contributed by atoms with Gasteiger partial charge in [-0.1, -0.05) is 19.9 Å². The maximum Gasteiger partial charge on any atom is 0.290 e. The number of aromatic hydroxyl groups is 1. The van der Waals surface area contributed by atoms with Gasteiger partial charge in [-0.3, -0.25) is 4.79 Å². The average Bonchev–Trinajstić information content (AvgIpc) is 2.97. The summed E-state index contributed by atoms with van der Waals surface area (Å²) >= 11 is 0. The Labute approximate surface area is 142 Å². The highest BCUT2D eigenvalue weighted by molar-refractivity contribution is 5.93. The van der Waals surface area contributed by atoms with E-state index in [9.17, 15) is 9.90 Å². The monoisotopic (exact) mass is 325 g/mol. The van der Waals surface area contributed by atoms with Crippen molar-refractivity contribution in [3.8, 4) is 5.75 Å². The van der Waals surface area contributed by atoms with Crippen LogP contribution in [0.1, 0.15) is 47.5 Å². The minimum atomic E-state index is -0.00796.